The quantitative estimate of drug-likeness (QED) is 0.436. The molecule has 1 aliphatic heterocycles. The monoisotopic (exact) mass is 429 g/mol. The zero-order valence-electron chi connectivity index (χ0n) is 15.7. The standard InChI is InChI=1S/C20H19N3O4S2/c1-25-15-6-4-14(5-7-15)21-19-22-23-20(29-19)28-12-16(24)13-3-8-17-18(11-13)27-10-2-9-26-17/h3-8,11H,2,9-10,12H2,1H3,(H,21,22). The molecule has 1 aliphatic rings. The average Bonchev–Trinajstić information content (AvgIpc) is 3.06. The summed E-state index contributed by atoms with van der Waals surface area (Å²) in [6.45, 7) is 1.22. The number of ketones is 1. The van der Waals surface area contributed by atoms with Gasteiger partial charge in [-0.05, 0) is 42.5 Å². The Morgan fingerprint density at radius 1 is 1.14 bits per heavy atom. The number of aromatic nitrogens is 2. The maximum absolute atomic E-state index is 12.6. The Morgan fingerprint density at radius 2 is 1.93 bits per heavy atom. The minimum Gasteiger partial charge on any atom is -0.497 e. The summed E-state index contributed by atoms with van der Waals surface area (Å²) < 4.78 is 17.1. The van der Waals surface area contributed by atoms with Crippen LogP contribution in [0.2, 0.25) is 0 Å². The van der Waals surface area contributed by atoms with E-state index in [0.29, 0.717) is 35.4 Å². The molecule has 0 fully saturated rings. The van der Waals surface area contributed by atoms with Gasteiger partial charge in [0.25, 0.3) is 0 Å². The Morgan fingerprint density at radius 3 is 2.72 bits per heavy atom. The van der Waals surface area contributed by atoms with E-state index in [-0.39, 0.29) is 11.5 Å². The minimum atomic E-state index is 0.00510. The molecular formula is C20H19N3O4S2. The van der Waals surface area contributed by atoms with Gasteiger partial charge in [0.1, 0.15) is 5.75 Å². The molecule has 7 nitrogen and oxygen atoms in total. The predicted octanol–water partition coefficient (Wildman–Crippen LogP) is 4.43. The van der Waals surface area contributed by atoms with Gasteiger partial charge in [-0.2, -0.15) is 0 Å². The first-order chi connectivity index (χ1) is 14.2. The van der Waals surface area contributed by atoms with E-state index in [0.717, 1.165) is 22.2 Å². The number of fused-ring (bicyclic) bond motifs is 1. The number of anilines is 2. The first-order valence-corrected chi connectivity index (χ1v) is 10.8. The molecule has 2 aromatic carbocycles. The van der Waals surface area contributed by atoms with Crippen LogP contribution in [0.25, 0.3) is 0 Å². The Kier molecular flexibility index (Phi) is 6.16. The molecule has 0 radical (unpaired) electrons. The summed E-state index contributed by atoms with van der Waals surface area (Å²) in [6.07, 6.45) is 0.831. The summed E-state index contributed by atoms with van der Waals surface area (Å²) >= 11 is 2.77. The number of nitrogens with zero attached hydrogens (tertiary/aromatic N) is 2. The van der Waals surface area contributed by atoms with Crippen molar-refractivity contribution in [2.24, 2.45) is 0 Å². The van der Waals surface area contributed by atoms with Crippen molar-refractivity contribution in [2.75, 3.05) is 31.4 Å². The molecule has 29 heavy (non-hydrogen) atoms. The zero-order valence-corrected chi connectivity index (χ0v) is 17.3. The molecule has 0 amide bonds. The van der Waals surface area contributed by atoms with Crippen molar-refractivity contribution in [2.45, 2.75) is 10.8 Å². The molecule has 1 aromatic heterocycles. The molecule has 2 heterocycles. The lowest BCUT2D eigenvalue weighted by molar-refractivity contribution is 0.102. The lowest BCUT2D eigenvalue weighted by Gasteiger charge is -2.08. The van der Waals surface area contributed by atoms with Crippen LogP contribution in [0.1, 0.15) is 16.8 Å². The molecule has 0 saturated carbocycles. The number of carbonyl (C=O) groups excluding carboxylic acids is 1. The van der Waals surface area contributed by atoms with Crippen LogP contribution in [-0.2, 0) is 0 Å². The van der Waals surface area contributed by atoms with Crippen LogP contribution in [0.5, 0.6) is 17.2 Å². The third kappa shape index (κ3) is 4.99. The highest BCUT2D eigenvalue weighted by Crippen LogP contribution is 2.32. The number of hydrogen-bond acceptors (Lipinski definition) is 9. The van der Waals surface area contributed by atoms with Crippen LogP contribution >= 0.6 is 23.1 Å². The number of rotatable bonds is 7. The van der Waals surface area contributed by atoms with Crippen LogP contribution in [0.3, 0.4) is 0 Å². The third-order valence-corrected chi connectivity index (χ3v) is 6.12. The minimum absolute atomic E-state index is 0.00510. The maximum atomic E-state index is 12.6. The van der Waals surface area contributed by atoms with E-state index in [1.807, 2.05) is 24.3 Å². The lowest BCUT2D eigenvalue weighted by Crippen LogP contribution is -2.03. The van der Waals surface area contributed by atoms with Crippen LogP contribution in [0.4, 0.5) is 10.8 Å². The van der Waals surface area contributed by atoms with Gasteiger partial charge >= 0.3 is 0 Å². The largest absolute Gasteiger partial charge is 0.497 e. The average molecular weight is 430 g/mol. The van der Waals surface area contributed by atoms with Gasteiger partial charge in [-0.1, -0.05) is 23.1 Å². The molecule has 9 heteroatoms. The van der Waals surface area contributed by atoms with Crippen molar-refractivity contribution in [3.8, 4) is 17.2 Å². The molecule has 150 valence electrons. The number of nitrogens with one attached hydrogen (secondary N) is 1. The van der Waals surface area contributed by atoms with E-state index in [4.69, 9.17) is 14.2 Å². The van der Waals surface area contributed by atoms with Crippen LogP contribution in [0.15, 0.2) is 46.8 Å². The fourth-order valence-electron chi connectivity index (χ4n) is 2.66. The number of Topliss-reactive ketones (excluding diaryl/α,β-unsaturated/α-hetero) is 1. The van der Waals surface area contributed by atoms with Gasteiger partial charge in [-0.15, -0.1) is 10.2 Å². The Bertz CT molecular complexity index is 992. The summed E-state index contributed by atoms with van der Waals surface area (Å²) in [4.78, 5) is 12.6. The van der Waals surface area contributed by atoms with Crippen molar-refractivity contribution >= 4 is 39.7 Å². The summed E-state index contributed by atoms with van der Waals surface area (Å²) in [5, 5.41) is 12.1. The second kappa shape index (κ2) is 9.15. The number of thioether (sulfide) groups is 1. The zero-order chi connectivity index (χ0) is 20.1. The fourth-order valence-corrected chi connectivity index (χ4v) is 4.33. The molecule has 0 spiro atoms. The van der Waals surface area contributed by atoms with Gasteiger partial charge in [0.2, 0.25) is 5.13 Å². The second-order valence-electron chi connectivity index (χ2n) is 6.15. The highest BCUT2D eigenvalue weighted by Gasteiger charge is 2.15. The van der Waals surface area contributed by atoms with E-state index >= 15 is 0 Å². The molecule has 0 saturated heterocycles. The van der Waals surface area contributed by atoms with Gasteiger partial charge in [0.05, 0.1) is 26.1 Å². The molecule has 0 aliphatic carbocycles. The number of benzene rings is 2. The van der Waals surface area contributed by atoms with E-state index < -0.39 is 0 Å². The van der Waals surface area contributed by atoms with E-state index in [2.05, 4.69) is 15.5 Å². The van der Waals surface area contributed by atoms with Crippen molar-refractivity contribution in [1.29, 1.82) is 0 Å². The van der Waals surface area contributed by atoms with Crippen molar-refractivity contribution in [3.05, 3.63) is 48.0 Å². The molecule has 1 N–H and O–H groups in total. The van der Waals surface area contributed by atoms with E-state index in [9.17, 15) is 4.79 Å². The van der Waals surface area contributed by atoms with Crippen LogP contribution < -0.4 is 19.5 Å². The first-order valence-electron chi connectivity index (χ1n) is 9.01. The van der Waals surface area contributed by atoms with Gasteiger partial charge in [0.15, 0.2) is 21.6 Å². The molecule has 0 unspecified atom stereocenters. The number of hydrogen-bond donors (Lipinski definition) is 1. The highest BCUT2D eigenvalue weighted by molar-refractivity contribution is 8.01. The van der Waals surface area contributed by atoms with Gasteiger partial charge in [0, 0.05) is 17.7 Å². The molecule has 0 bridgehead atoms. The van der Waals surface area contributed by atoms with E-state index in [1.54, 1.807) is 25.3 Å². The van der Waals surface area contributed by atoms with E-state index in [1.165, 1.54) is 23.1 Å². The predicted molar refractivity (Wildman–Crippen MR) is 113 cm³/mol. The topological polar surface area (TPSA) is 82.6 Å². The van der Waals surface area contributed by atoms with Gasteiger partial charge in [-0.25, -0.2) is 0 Å². The Hall–Kier alpha value is -2.78. The Labute approximate surface area is 176 Å². The fraction of sp³-hybridized carbons (Fsp3) is 0.250. The summed E-state index contributed by atoms with van der Waals surface area (Å²) in [7, 11) is 1.63. The summed E-state index contributed by atoms with van der Waals surface area (Å²) in [6, 6.07) is 12.9. The smallest absolute Gasteiger partial charge is 0.210 e. The van der Waals surface area contributed by atoms with Crippen molar-refractivity contribution < 1.29 is 19.0 Å². The van der Waals surface area contributed by atoms with Crippen LogP contribution in [-0.4, -0.2) is 42.1 Å². The third-order valence-electron chi connectivity index (χ3n) is 4.14. The Balaban J connectivity index is 1.34. The number of ether oxygens (including phenoxy) is 3. The van der Waals surface area contributed by atoms with Gasteiger partial charge in [-0.3, -0.25) is 4.79 Å². The summed E-state index contributed by atoms with van der Waals surface area (Å²) in [5.74, 6) is 2.38. The lowest BCUT2D eigenvalue weighted by atomic mass is 10.1. The molecular weight excluding hydrogens is 410 g/mol. The molecule has 3 aromatic rings. The summed E-state index contributed by atoms with van der Waals surface area (Å²) in [5.41, 5.74) is 1.49. The SMILES string of the molecule is COc1ccc(Nc2nnc(SCC(=O)c3ccc4c(c3)OCCCO4)s2)cc1. The number of methoxy groups -OCH3 is 1. The van der Waals surface area contributed by atoms with Crippen LogP contribution in [0, 0.1) is 0 Å². The second-order valence-corrected chi connectivity index (χ2v) is 8.35. The highest BCUT2D eigenvalue weighted by atomic mass is 32.2. The van der Waals surface area contributed by atoms with Crippen molar-refractivity contribution in [3.63, 3.8) is 0 Å². The normalized spacial score (nSPS) is 12.9. The van der Waals surface area contributed by atoms with Crippen molar-refractivity contribution in [1.82, 2.24) is 10.2 Å². The van der Waals surface area contributed by atoms with Gasteiger partial charge < -0.3 is 19.5 Å². The molecule has 0 atom stereocenters. The molecule has 4 rings (SSSR count). The first kappa shape index (κ1) is 19.5. The maximum Gasteiger partial charge on any atom is 0.210 e. The number of carbonyl (C=O) groups is 1.